The Labute approximate surface area is 382 Å². The highest BCUT2D eigenvalue weighted by atomic mass is 19.4. The number of unbranched alkanes of at least 4 members (excludes halogenated alkanes) is 1. The van der Waals surface area contributed by atoms with E-state index in [1.165, 1.54) is 11.6 Å². The van der Waals surface area contributed by atoms with E-state index in [-0.39, 0.29) is 23.1 Å². The second kappa shape index (κ2) is 19.1. The third kappa shape index (κ3) is 9.50. The summed E-state index contributed by atoms with van der Waals surface area (Å²) < 4.78 is 80.0. The molecule has 2 aromatic heterocycles. The van der Waals surface area contributed by atoms with Gasteiger partial charge in [-0.25, -0.2) is 8.78 Å². The molecule has 9 rings (SSSR count). The Morgan fingerprint density at radius 3 is 2.39 bits per heavy atom. The summed E-state index contributed by atoms with van der Waals surface area (Å²) in [4.78, 5) is 21.1. The molecule has 0 bridgehead atoms. The first-order chi connectivity index (χ1) is 31.8. The molecule has 0 saturated carbocycles. The van der Waals surface area contributed by atoms with Crippen LogP contribution in [-0.4, -0.2) is 87.7 Å². The monoisotopic (exact) mass is 909 g/mol. The number of aryl methyl sites for hydroxylation is 2. The second-order valence-corrected chi connectivity index (χ2v) is 18.2. The largest absolute Gasteiger partial charge is 0.494 e. The number of anilines is 3. The van der Waals surface area contributed by atoms with Gasteiger partial charge in [-0.15, -0.1) is 0 Å². The molecule has 3 aromatic carbocycles. The van der Waals surface area contributed by atoms with Gasteiger partial charge in [0.15, 0.2) is 5.82 Å². The normalized spacial score (nSPS) is 17.5. The number of likely N-dealkylation sites (tertiary alicyclic amines) is 1. The lowest BCUT2D eigenvalue weighted by atomic mass is 9.89. The van der Waals surface area contributed by atoms with Crippen LogP contribution in [-0.2, 0) is 37.4 Å². The molecule has 16 heteroatoms. The number of alkyl halides is 5. The van der Waals surface area contributed by atoms with Gasteiger partial charge in [-0.3, -0.25) is 14.2 Å². The number of carbonyl (C=O) groups is 1. The molecule has 1 amide bonds. The maximum atomic E-state index is 14.7. The van der Waals surface area contributed by atoms with Gasteiger partial charge in [0, 0.05) is 99.6 Å². The number of nitriles is 1. The first kappa shape index (κ1) is 45.2. The first-order valence-electron chi connectivity index (χ1n) is 23.2. The average molecular weight is 910 g/mol. The van der Waals surface area contributed by atoms with E-state index in [0.717, 1.165) is 111 Å². The van der Waals surface area contributed by atoms with Gasteiger partial charge >= 0.3 is 6.18 Å². The summed E-state index contributed by atoms with van der Waals surface area (Å²) in [7, 11) is 1.78. The minimum atomic E-state index is -4.58. The molecular weight excluding hydrogens is 854 g/mol. The van der Waals surface area contributed by atoms with Crippen molar-refractivity contribution in [2.75, 3.05) is 62.2 Å². The van der Waals surface area contributed by atoms with E-state index in [1.807, 2.05) is 28.0 Å². The Morgan fingerprint density at radius 2 is 1.71 bits per heavy atom. The van der Waals surface area contributed by atoms with E-state index in [0.29, 0.717) is 68.5 Å². The molecule has 0 aliphatic carbocycles. The molecule has 2 fully saturated rings. The molecular formula is C50H56F5N9O2. The number of hydrogen-bond donors (Lipinski definition) is 0. The highest BCUT2D eigenvalue weighted by Gasteiger charge is 2.36. The summed E-state index contributed by atoms with van der Waals surface area (Å²) in [5, 5.41) is 18.7. The lowest BCUT2D eigenvalue weighted by Gasteiger charge is -2.34. The fraction of sp³-hybridized carbons (Fsp3) is 0.480. The fourth-order valence-electron chi connectivity index (χ4n) is 10.5. The Hall–Kier alpha value is -5.95. The Balaban J connectivity index is 0.774. The van der Waals surface area contributed by atoms with E-state index in [1.54, 1.807) is 49.2 Å². The van der Waals surface area contributed by atoms with E-state index in [2.05, 4.69) is 31.7 Å². The van der Waals surface area contributed by atoms with Crippen molar-refractivity contribution in [3.05, 3.63) is 106 Å². The van der Waals surface area contributed by atoms with Crippen LogP contribution in [0.3, 0.4) is 0 Å². The summed E-state index contributed by atoms with van der Waals surface area (Å²) in [6.45, 7) is 8.07. The third-order valence-corrected chi connectivity index (χ3v) is 14.1. The molecule has 4 aliphatic heterocycles. The molecule has 4 aliphatic rings. The number of halogens is 5. The predicted octanol–water partition coefficient (Wildman–Crippen LogP) is 9.98. The zero-order chi connectivity index (χ0) is 46.1. The van der Waals surface area contributed by atoms with Crippen LogP contribution < -0.4 is 14.5 Å². The Morgan fingerprint density at radius 1 is 0.939 bits per heavy atom. The van der Waals surface area contributed by atoms with Crippen LogP contribution in [0, 0.1) is 11.3 Å². The third-order valence-electron chi connectivity index (χ3n) is 14.1. The van der Waals surface area contributed by atoms with Crippen LogP contribution in [0.5, 0.6) is 5.75 Å². The van der Waals surface area contributed by atoms with E-state index in [4.69, 9.17) is 15.1 Å². The SMILES string of the molecule is CC(=O)N1CCc2c(c(N3CCCc4cc(-c5cnn(C)c5)c(C(F)F)cc43)nn2C2CCN(CCCCOc3ccc(C4CCN(c5ccc(C#N)c(C(F)(F)F)c5)CC4)cc3)CC2)C1. The molecule has 0 radical (unpaired) electrons. The smallest absolute Gasteiger partial charge is 0.417 e. The van der Waals surface area contributed by atoms with Crippen molar-refractivity contribution in [3.63, 3.8) is 0 Å². The molecule has 0 spiro atoms. The Bertz CT molecular complexity index is 2570. The van der Waals surface area contributed by atoms with Gasteiger partial charge in [0.25, 0.3) is 6.43 Å². The van der Waals surface area contributed by atoms with Crippen LogP contribution in [0.2, 0.25) is 0 Å². The quantitative estimate of drug-likeness (QED) is 0.0902. The minimum absolute atomic E-state index is 0.0146. The molecule has 2 saturated heterocycles. The van der Waals surface area contributed by atoms with Crippen molar-refractivity contribution in [1.82, 2.24) is 29.4 Å². The molecule has 0 atom stereocenters. The topological polar surface area (TPSA) is 98.7 Å². The van der Waals surface area contributed by atoms with Gasteiger partial charge in [0.2, 0.25) is 5.91 Å². The number of amides is 1. The lowest BCUT2D eigenvalue weighted by molar-refractivity contribution is -0.137. The number of carbonyl (C=O) groups excluding carboxylic acids is 1. The molecule has 0 N–H and O–H groups in total. The number of fused-ring (bicyclic) bond motifs is 2. The molecule has 348 valence electrons. The Kier molecular flexibility index (Phi) is 13.1. The predicted molar refractivity (Wildman–Crippen MR) is 242 cm³/mol. The van der Waals surface area contributed by atoms with Gasteiger partial charge in [-0.1, -0.05) is 12.1 Å². The maximum Gasteiger partial charge on any atom is 0.417 e. The summed E-state index contributed by atoms with van der Waals surface area (Å²) >= 11 is 0. The van der Waals surface area contributed by atoms with Crippen molar-refractivity contribution >= 4 is 23.1 Å². The summed E-state index contributed by atoms with van der Waals surface area (Å²) in [5.74, 6) is 1.92. The van der Waals surface area contributed by atoms with Crippen molar-refractivity contribution in [2.45, 2.75) is 95.8 Å². The highest BCUT2D eigenvalue weighted by molar-refractivity contribution is 5.78. The van der Waals surface area contributed by atoms with Crippen LogP contribution in [0.15, 0.2) is 67.0 Å². The van der Waals surface area contributed by atoms with Crippen molar-refractivity contribution in [1.29, 1.82) is 5.26 Å². The van der Waals surface area contributed by atoms with Gasteiger partial charge in [0.05, 0.1) is 42.6 Å². The van der Waals surface area contributed by atoms with Gasteiger partial charge in [-0.05, 0) is 123 Å². The van der Waals surface area contributed by atoms with Gasteiger partial charge in [-0.2, -0.15) is 28.6 Å². The molecule has 66 heavy (non-hydrogen) atoms. The van der Waals surface area contributed by atoms with E-state index >= 15 is 0 Å². The first-order valence-corrected chi connectivity index (χ1v) is 23.2. The van der Waals surface area contributed by atoms with Gasteiger partial charge in [0.1, 0.15) is 5.75 Å². The fourth-order valence-corrected chi connectivity index (χ4v) is 10.5. The zero-order valence-electron chi connectivity index (χ0n) is 37.5. The summed E-state index contributed by atoms with van der Waals surface area (Å²) in [6.07, 6.45) is 3.95. The summed E-state index contributed by atoms with van der Waals surface area (Å²) in [6, 6.07) is 17.6. The zero-order valence-corrected chi connectivity index (χ0v) is 37.5. The standard InChI is InChI=1S/C50H56F5N9O2/c1-33(65)62-24-17-46-44(32-62)49(63-19-5-6-36-26-42(38-30-57-59(2)31-38)43(48(51)52)28-47(36)63)58-64(46)39-15-20-60(21-16-39)18-3-4-25-66-41-11-8-34(9-12-41)35-13-22-61(23-14-35)40-10-7-37(29-56)45(27-40)50(53,54)55/h7-12,26-28,30-31,35,39,48H,3-6,13-25,32H2,1-2H3. The second-order valence-electron chi connectivity index (χ2n) is 18.2. The number of piperidine rings is 2. The van der Waals surface area contributed by atoms with Crippen LogP contribution in [0.1, 0.15) is 109 Å². The van der Waals surface area contributed by atoms with E-state index < -0.39 is 18.2 Å². The number of aromatic nitrogens is 4. The summed E-state index contributed by atoms with van der Waals surface area (Å²) in [5.41, 5.74) is 5.54. The maximum absolute atomic E-state index is 14.7. The van der Waals surface area contributed by atoms with Crippen molar-refractivity contribution in [3.8, 4) is 22.9 Å². The lowest BCUT2D eigenvalue weighted by Crippen LogP contribution is -2.38. The molecule has 6 heterocycles. The number of hydrogen-bond acceptors (Lipinski definition) is 8. The van der Waals surface area contributed by atoms with Crippen LogP contribution >= 0.6 is 0 Å². The number of benzene rings is 3. The highest BCUT2D eigenvalue weighted by Crippen LogP contribution is 2.44. The number of rotatable bonds is 12. The van der Waals surface area contributed by atoms with E-state index in [9.17, 15) is 26.7 Å². The average Bonchev–Trinajstić information content (AvgIpc) is 3.94. The number of nitrogens with zero attached hydrogens (tertiary/aromatic N) is 9. The number of ether oxygens (including phenoxy) is 1. The molecule has 0 unspecified atom stereocenters. The molecule has 11 nitrogen and oxygen atoms in total. The molecule has 5 aromatic rings. The van der Waals surface area contributed by atoms with Gasteiger partial charge < -0.3 is 24.3 Å². The van der Waals surface area contributed by atoms with Crippen LogP contribution in [0.25, 0.3) is 11.1 Å². The van der Waals surface area contributed by atoms with Crippen molar-refractivity contribution in [2.24, 2.45) is 7.05 Å². The minimum Gasteiger partial charge on any atom is -0.494 e. The van der Waals surface area contributed by atoms with Crippen LogP contribution in [0.4, 0.5) is 39.1 Å². The van der Waals surface area contributed by atoms with Crippen molar-refractivity contribution < 1.29 is 31.5 Å².